The molecule has 2 N–H and O–H groups in total. The molecule has 5 nitrogen and oxygen atoms in total. The summed E-state index contributed by atoms with van der Waals surface area (Å²) in [4.78, 5) is 11.9. The van der Waals surface area contributed by atoms with Crippen LogP contribution in [0.15, 0.2) is 42.6 Å². The molecule has 0 bridgehead atoms. The molecule has 0 spiro atoms. The zero-order valence-electron chi connectivity index (χ0n) is 13.5. The molecule has 0 unspecified atom stereocenters. The number of hydrogen-bond donors (Lipinski definition) is 2. The Bertz CT molecular complexity index is 699. The third-order valence-electron chi connectivity index (χ3n) is 3.77. The average Bonchev–Trinajstić information content (AvgIpc) is 2.96. The van der Waals surface area contributed by atoms with Crippen LogP contribution in [0, 0.1) is 11.3 Å². The zero-order valence-corrected chi connectivity index (χ0v) is 13.5. The van der Waals surface area contributed by atoms with Gasteiger partial charge in [0.15, 0.2) is 0 Å². The van der Waals surface area contributed by atoms with Crippen LogP contribution in [-0.4, -0.2) is 16.6 Å². The molecule has 0 aliphatic heterocycles. The van der Waals surface area contributed by atoms with Gasteiger partial charge in [0.2, 0.25) is 0 Å². The van der Waals surface area contributed by atoms with E-state index >= 15 is 0 Å². The van der Waals surface area contributed by atoms with Crippen molar-refractivity contribution in [2.75, 3.05) is 0 Å². The molecule has 0 saturated heterocycles. The number of hydrogen-bond acceptors (Lipinski definition) is 2. The molecule has 1 atom stereocenters. The molecule has 23 heavy (non-hydrogen) atoms. The number of aromatic nitrogens is 1. The first-order valence-corrected chi connectivity index (χ1v) is 7.72. The van der Waals surface area contributed by atoms with Gasteiger partial charge in [0.25, 0.3) is 0 Å². The van der Waals surface area contributed by atoms with Crippen molar-refractivity contribution in [3.05, 3.63) is 59.4 Å². The molecule has 2 amide bonds. The van der Waals surface area contributed by atoms with Gasteiger partial charge in [0.1, 0.15) is 0 Å². The van der Waals surface area contributed by atoms with Crippen molar-refractivity contribution < 1.29 is 4.79 Å². The van der Waals surface area contributed by atoms with Crippen LogP contribution in [0.1, 0.15) is 30.2 Å². The molecule has 0 fully saturated rings. The Morgan fingerprint density at radius 2 is 2.17 bits per heavy atom. The molecule has 1 heterocycles. The third-order valence-corrected chi connectivity index (χ3v) is 3.77. The summed E-state index contributed by atoms with van der Waals surface area (Å²) in [5, 5.41) is 14.6. The fourth-order valence-electron chi connectivity index (χ4n) is 2.40. The number of urea groups is 1. The number of benzene rings is 1. The minimum absolute atomic E-state index is 0.0929. The van der Waals surface area contributed by atoms with Crippen molar-refractivity contribution in [2.45, 2.75) is 32.4 Å². The van der Waals surface area contributed by atoms with Crippen LogP contribution in [-0.2, 0) is 20.0 Å². The van der Waals surface area contributed by atoms with Crippen molar-refractivity contribution in [3.63, 3.8) is 0 Å². The van der Waals surface area contributed by atoms with E-state index in [4.69, 9.17) is 5.26 Å². The van der Waals surface area contributed by atoms with Crippen LogP contribution >= 0.6 is 0 Å². The Labute approximate surface area is 136 Å². The predicted octanol–water partition coefficient (Wildman–Crippen LogP) is 2.72. The number of amides is 2. The normalized spacial score (nSPS) is 11.5. The predicted molar refractivity (Wildman–Crippen MR) is 89.7 cm³/mol. The molecule has 120 valence electrons. The van der Waals surface area contributed by atoms with E-state index in [1.54, 1.807) is 12.1 Å². The Balaban J connectivity index is 1.73. The van der Waals surface area contributed by atoms with Crippen LogP contribution in [0.2, 0.25) is 0 Å². The van der Waals surface area contributed by atoms with E-state index in [1.165, 1.54) is 5.69 Å². The second kappa shape index (κ2) is 8.04. The minimum atomic E-state index is -0.188. The van der Waals surface area contributed by atoms with Gasteiger partial charge in [-0.05, 0) is 49.6 Å². The third kappa shape index (κ3) is 5.19. The Morgan fingerprint density at radius 1 is 1.35 bits per heavy atom. The SMILES string of the molecule is C[C@@H](CCc1cccn1C)NC(=O)NCc1cccc(C#N)c1. The molecular formula is C18H22N4O. The molecule has 2 aromatic rings. The molecular weight excluding hydrogens is 288 g/mol. The van der Waals surface area contributed by atoms with E-state index in [1.807, 2.05) is 38.4 Å². The van der Waals surface area contributed by atoms with Gasteiger partial charge >= 0.3 is 6.03 Å². The fraction of sp³-hybridized carbons (Fsp3) is 0.333. The minimum Gasteiger partial charge on any atom is -0.354 e. The lowest BCUT2D eigenvalue weighted by molar-refractivity contribution is 0.236. The summed E-state index contributed by atoms with van der Waals surface area (Å²) in [5.41, 5.74) is 2.77. The number of nitrogens with zero attached hydrogens (tertiary/aromatic N) is 2. The first kappa shape index (κ1) is 16.6. The molecule has 2 rings (SSSR count). The maximum absolute atomic E-state index is 11.9. The highest BCUT2D eigenvalue weighted by atomic mass is 16.2. The maximum Gasteiger partial charge on any atom is 0.315 e. The molecule has 0 aliphatic carbocycles. The largest absolute Gasteiger partial charge is 0.354 e. The summed E-state index contributed by atoms with van der Waals surface area (Å²) in [6, 6.07) is 13.3. The fourth-order valence-corrected chi connectivity index (χ4v) is 2.40. The quantitative estimate of drug-likeness (QED) is 0.861. The summed E-state index contributed by atoms with van der Waals surface area (Å²) in [7, 11) is 2.02. The second-order valence-corrected chi connectivity index (χ2v) is 5.69. The lowest BCUT2D eigenvalue weighted by Crippen LogP contribution is -2.40. The van der Waals surface area contributed by atoms with Crippen molar-refractivity contribution in [3.8, 4) is 6.07 Å². The van der Waals surface area contributed by atoms with E-state index in [9.17, 15) is 4.79 Å². The van der Waals surface area contributed by atoms with Crippen molar-refractivity contribution in [1.29, 1.82) is 5.26 Å². The summed E-state index contributed by atoms with van der Waals surface area (Å²) in [6.45, 7) is 2.41. The summed E-state index contributed by atoms with van der Waals surface area (Å²) in [5.74, 6) is 0. The zero-order chi connectivity index (χ0) is 16.7. The van der Waals surface area contributed by atoms with E-state index in [0.29, 0.717) is 12.1 Å². The smallest absolute Gasteiger partial charge is 0.315 e. The highest BCUT2D eigenvalue weighted by Crippen LogP contribution is 2.06. The molecule has 0 aliphatic rings. The van der Waals surface area contributed by atoms with Crippen LogP contribution in [0.3, 0.4) is 0 Å². The first-order chi connectivity index (χ1) is 11.1. The van der Waals surface area contributed by atoms with Gasteiger partial charge in [-0.25, -0.2) is 4.79 Å². The number of carbonyl (C=O) groups is 1. The monoisotopic (exact) mass is 310 g/mol. The summed E-state index contributed by atoms with van der Waals surface area (Å²) < 4.78 is 2.09. The number of nitriles is 1. The van der Waals surface area contributed by atoms with Crippen LogP contribution in [0.5, 0.6) is 0 Å². The van der Waals surface area contributed by atoms with Gasteiger partial charge in [0.05, 0.1) is 11.6 Å². The summed E-state index contributed by atoms with van der Waals surface area (Å²) in [6.07, 6.45) is 3.83. The van der Waals surface area contributed by atoms with E-state index < -0.39 is 0 Å². The number of rotatable bonds is 6. The molecule has 5 heteroatoms. The van der Waals surface area contributed by atoms with E-state index in [2.05, 4.69) is 27.3 Å². The Morgan fingerprint density at radius 3 is 2.87 bits per heavy atom. The average molecular weight is 310 g/mol. The van der Waals surface area contributed by atoms with Crippen molar-refractivity contribution >= 4 is 6.03 Å². The van der Waals surface area contributed by atoms with Crippen LogP contribution in [0.4, 0.5) is 4.79 Å². The van der Waals surface area contributed by atoms with Crippen LogP contribution in [0.25, 0.3) is 0 Å². The standard InChI is InChI=1S/C18H22N4O/c1-14(8-9-17-7-4-10-22(17)2)21-18(23)20-13-16-6-3-5-15(11-16)12-19/h3-7,10-11,14H,8-9,13H2,1-2H3,(H2,20,21,23)/t14-/m0/s1. The second-order valence-electron chi connectivity index (χ2n) is 5.69. The Hall–Kier alpha value is -2.74. The molecule has 1 aromatic carbocycles. The topological polar surface area (TPSA) is 69.8 Å². The highest BCUT2D eigenvalue weighted by molar-refractivity contribution is 5.74. The first-order valence-electron chi connectivity index (χ1n) is 7.72. The molecule has 0 saturated carbocycles. The van der Waals surface area contributed by atoms with Crippen molar-refractivity contribution in [1.82, 2.24) is 15.2 Å². The van der Waals surface area contributed by atoms with Gasteiger partial charge in [-0.1, -0.05) is 12.1 Å². The van der Waals surface area contributed by atoms with E-state index in [0.717, 1.165) is 18.4 Å². The highest BCUT2D eigenvalue weighted by Gasteiger charge is 2.08. The maximum atomic E-state index is 11.9. The van der Waals surface area contributed by atoms with Gasteiger partial charge in [0, 0.05) is 31.5 Å². The molecule has 1 aromatic heterocycles. The summed E-state index contributed by atoms with van der Waals surface area (Å²) >= 11 is 0. The van der Waals surface area contributed by atoms with Gasteiger partial charge in [-0.15, -0.1) is 0 Å². The van der Waals surface area contributed by atoms with E-state index in [-0.39, 0.29) is 12.1 Å². The number of carbonyl (C=O) groups excluding carboxylic acids is 1. The van der Waals surface area contributed by atoms with Gasteiger partial charge in [-0.2, -0.15) is 5.26 Å². The molecule has 0 radical (unpaired) electrons. The van der Waals surface area contributed by atoms with Crippen molar-refractivity contribution in [2.24, 2.45) is 7.05 Å². The van der Waals surface area contributed by atoms with Crippen LogP contribution < -0.4 is 10.6 Å². The number of nitrogens with one attached hydrogen (secondary N) is 2. The number of aryl methyl sites for hydroxylation is 2. The lowest BCUT2D eigenvalue weighted by Gasteiger charge is -2.15. The van der Waals surface area contributed by atoms with Gasteiger partial charge < -0.3 is 15.2 Å². The Kier molecular flexibility index (Phi) is 5.81. The lowest BCUT2D eigenvalue weighted by atomic mass is 10.1. The van der Waals surface area contributed by atoms with Gasteiger partial charge in [-0.3, -0.25) is 0 Å².